The predicted octanol–water partition coefficient (Wildman–Crippen LogP) is 3.43. The molecule has 5 unspecified atom stereocenters. The van der Waals surface area contributed by atoms with Gasteiger partial charge in [-0.2, -0.15) is 0 Å². The van der Waals surface area contributed by atoms with E-state index < -0.39 is 23.5 Å². The Labute approximate surface area is 166 Å². The van der Waals surface area contributed by atoms with E-state index >= 15 is 0 Å². The lowest BCUT2D eigenvalue weighted by molar-refractivity contribution is -0.249. The van der Waals surface area contributed by atoms with E-state index in [0.717, 1.165) is 17.6 Å². The van der Waals surface area contributed by atoms with Crippen LogP contribution in [0, 0.1) is 11.3 Å². The minimum atomic E-state index is -1.24. The lowest BCUT2D eigenvalue weighted by Gasteiger charge is -2.58. The summed E-state index contributed by atoms with van der Waals surface area (Å²) in [5.41, 5.74) is 1.16. The zero-order chi connectivity index (χ0) is 20.9. The maximum absolute atomic E-state index is 12.4. The molecule has 0 spiro atoms. The number of carbonyl (C=O) groups excluding carboxylic acids is 2. The fourth-order valence-electron chi connectivity index (χ4n) is 5.44. The molecule has 2 fully saturated rings. The summed E-state index contributed by atoms with van der Waals surface area (Å²) in [7, 11) is 0. The Hall–Kier alpha value is -1.66. The Kier molecular flexibility index (Phi) is 5.26. The van der Waals surface area contributed by atoms with Crippen LogP contribution in [-0.2, 0) is 23.8 Å². The van der Waals surface area contributed by atoms with Crippen molar-refractivity contribution in [2.75, 3.05) is 6.61 Å². The predicted molar refractivity (Wildman–Crippen MR) is 103 cm³/mol. The van der Waals surface area contributed by atoms with Crippen LogP contribution in [0.25, 0.3) is 0 Å². The highest BCUT2D eigenvalue weighted by molar-refractivity contribution is 5.87. The smallest absolute Gasteiger partial charge is 0.333 e. The van der Waals surface area contributed by atoms with Gasteiger partial charge in [-0.15, -0.1) is 0 Å². The average Bonchev–Trinajstić information content (AvgIpc) is 2.88. The summed E-state index contributed by atoms with van der Waals surface area (Å²) in [6.07, 6.45) is 3.49. The zero-order valence-electron chi connectivity index (χ0n) is 17.8. The molecular weight excluding hydrogens is 360 g/mol. The Balaban J connectivity index is 1.99. The summed E-state index contributed by atoms with van der Waals surface area (Å²) in [4.78, 5) is 24.5. The summed E-state index contributed by atoms with van der Waals surface area (Å²) in [6.45, 7) is 11.2. The number of hydrogen-bond acceptors (Lipinski definition) is 6. The molecule has 6 heteroatoms. The SMILES string of the molecule is CC=C(C)C(=O)OC1CCC2(C)CC3(O)OCC(C)=C3CC2C1(C)OC(C)=O. The van der Waals surface area contributed by atoms with E-state index in [0.29, 0.717) is 31.4 Å². The van der Waals surface area contributed by atoms with Gasteiger partial charge in [0.1, 0.15) is 11.7 Å². The number of hydrogen-bond donors (Lipinski definition) is 1. The number of aliphatic hydroxyl groups is 1. The molecule has 2 saturated carbocycles. The quantitative estimate of drug-likeness (QED) is 0.450. The molecule has 3 rings (SSSR count). The molecule has 6 nitrogen and oxygen atoms in total. The topological polar surface area (TPSA) is 82.1 Å². The van der Waals surface area contributed by atoms with Gasteiger partial charge < -0.3 is 19.3 Å². The second-order valence-electron chi connectivity index (χ2n) is 9.10. The number of fused-ring (bicyclic) bond motifs is 2. The van der Waals surface area contributed by atoms with Crippen molar-refractivity contribution in [3.8, 4) is 0 Å². The molecule has 0 radical (unpaired) electrons. The zero-order valence-corrected chi connectivity index (χ0v) is 17.8. The molecule has 0 aromatic carbocycles. The molecule has 3 aliphatic rings. The van der Waals surface area contributed by atoms with E-state index in [-0.39, 0.29) is 17.3 Å². The Morgan fingerprint density at radius 2 is 1.96 bits per heavy atom. The maximum atomic E-state index is 12.4. The first-order valence-corrected chi connectivity index (χ1v) is 10.0. The third kappa shape index (κ3) is 3.30. The van der Waals surface area contributed by atoms with Gasteiger partial charge >= 0.3 is 11.9 Å². The number of rotatable bonds is 3. The Morgan fingerprint density at radius 1 is 1.29 bits per heavy atom. The Bertz CT molecular complexity index is 752. The van der Waals surface area contributed by atoms with E-state index in [4.69, 9.17) is 14.2 Å². The van der Waals surface area contributed by atoms with Crippen molar-refractivity contribution < 1.29 is 28.9 Å². The van der Waals surface area contributed by atoms with Crippen molar-refractivity contribution in [2.45, 2.75) is 84.7 Å². The molecule has 0 aromatic heterocycles. The number of carbonyl (C=O) groups is 2. The molecule has 1 N–H and O–H groups in total. The van der Waals surface area contributed by atoms with Crippen LogP contribution in [0.15, 0.2) is 22.8 Å². The second-order valence-corrected chi connectivity index (χ2v) is 9.10. The molecular formula is C22H32O6. The van der Waals surface area contributed by atoms with Crippen LogP contribution in [0.3, 0.4) is 0 Å². The first-order valence-electron chi connectivity index (χ1n) is 10.0. The second kappa shape index (κ2) is 6.99. The minimum absolute atomic E-state index is 0.0895. The maximum Gasteiger partial charge on any atom is 0.333 e. The van der Waals surface area contributed by atoms with Gasteiger partial charge in [-0.1, -0.05) is 13.0 Å². The molecule has 156 valence electrons. The van der Waals surface area contributed by atoms with Crippen molar-refractivity contribution in [2.24, 2.45) is 11.3 Å². The molecule has 0 bridgehead atoms. The van der Waals surface area contributed by atoms with Crippen LogP contribution >= 0.6 is 0 Å². The Morgan fingerprint density at radius 3 is 2.57 bits per heavy atom. The first-order chi connectivity index (χ1) is 12.9. The van der Waals surface area contributed by atoms with E-state index in [2.05, 4.69) is 6.92 Å². The standard InChI is InChI=1S/C22H32O6/c1-7-13(2)19(24)27-18-8-9-20(5)12-22(25)16(14(3)11-26-22)10-17(20)21(18,6)28-15(4)23/h7,17-18,25H,8-12H2,1-6H3. The van der Waals surface area contributed by atoms with Crippen molar-refractivity contribution in [1.82, 2.24) is 0 Å². The van der Waals surface area contributed by atoms with Crippen LogP contribution < -0.4 is 0 Å². The summed E-state index contributed by atoms with van der Waals surface area (Å²) in [6, 6.07) is 0. The van der Waals surface area contributed by atoms with Gasteiger partial charge in [-0.3, -0.25) is 4.79 Å². The highest BCUT2D eigenvalue weighted by Crippen LogP contribution is 2.61. The summed E-state index contributed by atoms with van der Waals surface area (Å²) >= 11 is 0. The number of esters is 2. The molecule has 0 amide bonds. The van der Waals surface area contributed by atoms with Crippen LogP contribution in [0.5, 0.6) is 0 Å². The van der Waals surface area contributed by atoms with E-state index in [1.54, 1.807) is 19.9 Å². The van der Waals surface area contributed by atoms with Gasteiger partial charge in [-0.05, 0) is 63.5 Å². The van der Waals surface area contributed by atoms with Gasteiger partial charge in [0.2, 0.25) is 0 Å². The van der Waals surface area contributed by atoms with Crippen molar-refractivity contribution in [3.05, 3.63) is 22.8 Å². The van der Waals surface area contributed by atoms with Gasteiger partial charge in [-0.25, -0.2) is 4.79 Å². The number of allylic oxidation sites excluding steroid dienone is 1. The van der Waals surface area contributed by atoms with Crippen LogP contribution in [-0.4, -0.2) is 41.1 Å². The highest BCUT2D eigenvalue weighted by Gasteiger charge is 2.63. The molecule has 1 aliphatic heterocycles. The van der Waals surface area contributed by atoms with Crippen LogP contribution in [0.1, 0.15) is 67.2 Å². The van der Waals surface area contributed by atoms with E-state index in [1.165, 1.54) is 6.92 Å². The molecule has 0 saturated heterocycles. The number of ether oxygens (including phenoxy) is 3. The molecule has 1 heterocycles. The van der Waals surface area contributed by atoms with Gasteiger partial charge in [0.25, 0.3) is 0 Å². The van der Waals surface area contributed by atoms with Gasteiger partial charge in [0, 0.05) is 24.8 Å². The summed E-state index contributed by atoms with van der Waals surface area (Å²) < 4.78 is 17.4. The summed E-state index contributed by atoms with van der Waals surface area (Å²) in [5.74, 6) is -2.11. The third-order valence-electron chi connectivity index (χ3n) is 7.08. The van der Waals surface area contributed by atoms with Crippen LogP contribution in [0.2, 0.25) is 0 Å². The van der Waals surface area contributed by atoms with E-state index in [1.807, 2.05) is 13.8 Å². The van der Waals surface area contributed by atoms with Gasteiger partial charge in [0.05, 0.1) is 6.61 Å². The first kappa shape index (κ1) is 21.1. The van der Waals surface area contributed by atoms with Crippen LogP contribution in [0.4, 0.5) is 0 Å². The molecule has 0 aromatic rings. The lowest BCUT2D eigenvalue weighted by atomic mass is 9.52. The third-order valence-corrected chi connectivity index (χ3v) is 7.08. The molecule has 2 aliphatic carbocycles. The van der Waals surface area contributed by atoms with Gasteiger partial charge in [0.15, 0.2) is 5.79 Å². The fraction of sp³-hybridized carbons (Fsp3) is 0.727. The monoisotopic (exact) mass is 392 g/mol. The minimum Gasteiger partial charge on any atom is -0.455 e. The normalized spacial score (nSPS) is 40.6. The van der Waals surface area contributed by atoms with E-state index in [9.17, 15) is 14.7 Å². The lowest BCUT2D eigenvalue weighted by Crippen LogP contribution is -2.63. The molecule has 28 heavy (non-hydrogen) atoms. The largest absolute Gasteiger partial charge is 0.455 e. The van der Waals surface area contributed by atoms with Crippen molar-refractivity contribution >= 4 is 11.9 Å². The highest BCUT2D eigenvalue weighted by atomic mass is 16.6. The average molecular weight is 392 g/mol. The summed E-state index contributed by atoms with van der Waals surface area (Å²) in [5, 5.41) is 11.1. The molecule has 5 atom stereocenters. The fourth-order valence-corrected chi connectivity index (χ4v) is 5.44. The van der Waals surface area contributed by atoms with Crippen molar-refractivity contribution in [1.29, 1.82) is 0 Å². The van der Waals surface area contributed by atoms with Crippen molar-refractivity contribution in [3.63, 3.8) is 0 Å².